The molecular formula is C7H13N5. The van der Waals surface area contributed by atoms with Gasteiger partial charge in [0.2, 0.25) is 0 Å². The van der Waals surface area contributed by atoms with Gasteiger partial charge >= 0.3 is 0 Å². The van der Waals surface area contributed by atoms with Gasteiger partial charge < -0.3 is 0 Å². The highest BCUT2D eigenvalue weighted by molar-refractivity contribution is 5.11. The molecule has 0 saturated heterocycles. The Morgan fingerprint density at radius 2 is 2.50 bits per heavy atom. The smallest absolute Gasteiger partial charge is 0.105 e. The van der Waals surface area contributed by atoms with Gasteiger partial charge in [-0.1, -0.05) is 11.6 Å². The summed E-state index contributed by atoms with van der Waals surface area (Å²) in [6, 6.07) is -0.0613. The van der Waals surface area contributed by atoms with Gasteiger partial charge in [0, 0.05) is 0 Å². The van der Waals surface area contributed by atoms with Crippen molar-refractivity contribution in [3.63, 3.8) is 0 Å². The molecule has 5 heteroatoms. The van der Waals surface area contributed by atoms with Crippen molar-refractivity contribution < 1.29 is 0 Å². The molecule has 66 valence electrons. The molecule has 0 spiro atoms. The van der Waals surface area contributed by atoms with Crippen LogP contribution in [-0.4, -0.2) is 15.4 Å². The molecule has 4 N–H and O–H groups in total. The van der Waals surface area contributed by atoms with E-state index < -0.39 is 0 Å². The van der Waals surface area contributed by atoms with Crippen molar-refractivity contribution in [1.29, 1.82) is 0 Å². The Balaban J connectivity index is 2.77. The number of hydrogen-bond donors (Lipinski definition) is 3. The zero-order valence-electron chi connectivity index (χ0n) is 7.20. The van der Waals surface area contributed by atoms with E-state index in [1.54, 1.807) is 6.20 Å². The van der Waals surface area contributed by atoms with Gasteiger partial charge in [-0.2, -0.15) is 15.4 Å². The van der Waals surface area contributed by atoms with Crippen molar-refractivity contribution >= 4 is 0 Å². The molecule has 0 amide bonds. The van der Waals surface area contributed by atoms with E-state index in [9.17, 15) is 0 Å². The average molecular weight is 167 g/mol. The van der Waals surface area contributed by atoms with Gasteiger partial charge in [0.25, 0.3) is 0 Å². The molecule has 0 radical (unpaired) electrons. The molecule has 0 aliphatic rings. The van der Waals surface area contributed by atoms with E-state index in [0.29, 0.717) is 0 Å². The Labute approximate surface area is 71.0 Å². The molecule has 0 aliphatic heterocycles. The first kappa shape index (κ1) is 8.89. The topological polar surface area (TPSA) is 79.6 Å². The van der Waals surface area contributed by atoms with Crippen LogP contribution < -0.4 is 11.3 Å². The molecule has 1 aromatic rings. The zero-order valence-corrected chi connectivity index (χ0v) is 7.20. The largest absolute Gasteiger partial charge is 0.271 e. The van der Waals surface area contributed by atoms with Crippen LogP contribution in [0.4, 0.5) is 0 Å². The van der Waals surface area contributed by atoms with Gasteiger partial charge in [-0.05, 0) is 13.8 Å². The van der Waals surface area contributed by atoms with Crippen LogP contribution in [0.15, 0.2) is 17.8 Å². The summed E-state index contributed by atoms with van der Waals surface area (Å²) in [4.78, 5) is 0. The standard InChI is InChI=1S/C7H13N5/c1-5(2)3-6(10-8)7-4-9-12-11-7/h3-4,6,10H,8H2,1-2H3,(H,9,11,12). The Hall–Kier alpha value is -1.20. The predicted octanol–water partition coefficient (Wildman–Crippen LogP) is 0.275. The van der Waals surface area contributed by atoms with E-state index in [0.717, 1.165) is 5.69 Å². The maximum Gasteiger partial charge on any atom is 0.105 e. The zero-order chi connectivity index (χ0) is 8.97. The third-order valence-electron chi connectivity index (χ3n) is 1.43. The fourth-order valence-electron chi connectivity index (χ4n) is 0.913. The van der Waals surface area contributed by atoms with E-state index in [4.69, 9.17) is 5.84 Å². The predicted molar refractivity (Wildman–Crippen MR) is 45.9 cm³/mol. The third kappa shape index (κ3) is 2.14. The highest BCUT2D eigenvalue weighted by atomic mass is 15.3. The van der Waals surface area contributed by atoms with Crippen molar-refractivity contribution in [2.24, 2.45) is 5.84 Å². The number of nitrogens with one attached hydrogen (secondary N) is 2. The maximum absolute atomic E-state index is 5.34. The molecule has 1 atom stereocenters. The quantitative estimate of drug-likeness (QED) is 0.343. The van der Waals surface area contributed by atoms with Gasteiger partial charge in [-0.25, -0.2) is 5.43 Å². The van der Waals surface area contributed by atoms with Crippen molar-refractivity contribution in [1.82, 2.24) is 20.8 Å². The summed E-state index contributed by atoms with van der Waals surface area (Å²) in [5, 5.41) is 10.1. The summed E-state index contributed by atoms with van der Waals surface area (Å²) >= 11 is 0. The van der Waals surface area contributed by atoms with Gasteiger partial charge in [-0.3, -0.25) is 5.84 Å². The van der Waals surface area contributed by atoms with Crippen LogP contribution in [0.3, 0.4) is 0 Å². The van der Waals surface area contributed by atoms with Crippen LogP contribution in [0, 0.1) is 0 Å². The van der Waals surface area contributed by atoms with E-state index >= 15 is 0 Å². The minimum absolute atomic E-state index is 0.0613. The molecule has 5 nitrogen and oxygen atoms in total. The van der Waals surface area contributed by atoms with Gasteiger partial charge in [0.15, 0.2) is 0 Å². The van der Waals surface area contributed by atoms with Crippen molar-refractivity contribution in [2.75, 3.05) is 0 Å². The Morgan fingerprint density at radius 1 is 1.75 bits per heavy atom. The van der Waals surface area contributed by atoms with Crippen LogP contribution >= 0.6 is 0 Å². The minimum atomic E-state index is -0.0613. The summed E-state index contributed by atoms with van der Waals surface area (Å²) < 4.78 is 0. The summed E-state index contributed by atoms with van der Waals surface area (Å²) in [5.41, 5.74) is 4.61. The lowest BCUT2D eigenvalue weighted by Gasteiger charge is -2.07. The Bertz CT molecular complexity index is 247. The second-order valence-electron chi connectivity index (χ2n) is 2.78. The SMILES string of the molecule is CC(C)=CC(NN)c1cn[nH]n1. The normalized spacial score (nSPS) is 12.6. The second-order valence-corrected chi connectivity index (χ2v) is 2.78. The monoisotopic (exact) mass is 167 g/mol. The van der Waals surface area contributed by atoms with Crippen LogP contribution in [0.2, 0.25) is 0 Å². The first-order valence-corrected chi connectivity index (χ1v) is 3.71. The molecule has 0 aliphatic carbocycles. The first-order chi connectivity index (χ1) is 5.74. The molecule has 0 bridgehead atoms. The lowest BCUT2D eigenvalue weighted by atomic mass is 10.1. The fraction of sp³-hybridized carbons (Fsp3) is 0.429. The molecule has 1 unspecified atom stereocenters. The lowest BCUT2D eigenvalue weighted by Crippen LogP contribution is -2.27. The Morgan fingerprint density at radius 3 is 2.92 bits per heavy atom. The number of allylic oxidation sites excluding steroid dienone is 1. The lowest BCUT2D eigenvalue weighted by molar-refractivity contribution is 0.633. The van der Waals surface area contributed by atoms with Crippen LogP contribution in [-0.2, 0) is 0 Å². The first-order valence-electron chi connectivity index (χ1n) is 3.71. The van der Waals surface area contributed by atoms with Crippen molar-refractivity contribution in [3.05, 3.63) is 23.5 Å². The summed E-state index contributed by atoms with van der Waals surface area (Å²) in [7, 11) is 0. The molecular weight excluding hydrogens is 154 g/mol. The van der Waals surface area contributed by atoms with Crippen LogP contribution in [0.1, 0.15) is 25.6 Å². The molecule has 0 fully saturated rings. The van der Waals surface area contributed by atoms with E-state index in [2.05, 4.69) is 20.8 Å². The molecule has 12 heavy (non-hydrogen) atoms. The van der Waals surface area contributed by atoms with E-state index in [1.807, 2.05) is 19.9 Å². The fourth-order valence-corrected chi connectivity index (χ4v) is 0.913. The molecule has 1 aromatic heterocycles. The molecule has 0 aromatic carbocycles. The number of nitrogens with two attached hydrogens (primary N) is 1. The number of hydrogen-bond acceptors (Lipinski definition) is 4. The van der Waals surface area contributed by atoms with Crippen LogP contribution in [0.5, 0.6) is 0 Å². The Kier molecular flexibility index (Phi) is 2.95. The van der Waals surface area contributed by atoms with Gasteiger partial charge in [0.1, 0.15) is 5.69 Å². The van der Waals surface area contributed by atoms with Crippen molar-refractivity contribution in [3.8, 4) is 0 Å². The highest BCUT2D eigenvalue weighted by Crippen LogP contribution is 2.10. The molecule has 1 rings (SSSR count). The number of aromatic nitrogens is 3. The summed E-state index contributed by atoms with van der Waals surface area (Å²) in [6.07, 6.45) is 3.63. The average Bonchev–Trinajstić information content (AvgIpc) is 2.51. The maximum atomic E-state index is 5.34. The summed E-state index contributed by atoms with van der Waals surface area (Å²) in [5.74, 6) is 5.34. The third-order valence-corrected chi connectivity index (χ3v) is 1.43. The van der Waals surface area contributed by atoms with E-state index in [1.165, 1.54) is 5.57 Å². The van der Waals surface area contributed by atoms with E-state index in [-0.39, 0.29) is 6.04 Å². The molecule has 0 saturated carbocycles. The van der Waals surface area contributed by atoms with Crippen molar-refractivity contribution in [2.45, 2.75) is 19.9 Å². The minimum Gasteiger partial charge on any atom is -0.271 e. The molecule has 1 heterocycles. The number of H-pyrrole nitrogens is 1. The number of nitrogens with zero attached hydrogens (tertiary/aromatic N) is 2. The van der Waals surface area contributed by atoms with Gasteiger partial charge in [0.05, 0.1) is 12.2 Å². The summed E-state index contributed by atoms with van der Waals surface area (Å²) in [6.45, 7) is 4.01. The number of aromatic amines is 1. The van der Waals surface area contributed by atoms with Gasteiger partial charge in [-0.15, -0.1) is 0 Å². The number of hydrazine groups is 1. The number of rotatable bonds is 3. The van der Waals surface area contributed by atoms with Crippen LogP contribution in [0.25, 0.3) is 0 Å². The highest BCUT2D eigenvalue weighted by Gasteiger charge is 2.07. The second kappa shape index (κ2) is 3.99.